The predicted octanol–water partition coefficient (Wildman–Crippen LogP) is 3.63. The molecule has 0 unspecified atom stereocenters. The molecule has 0 bridgehead atoms. The van der Waals surface area contributed by atoms with Gasteiger partial charge in [0.1, 0.15) is 11.6 Å². The van der Waals surface area contributed by atoms with E-state index < -0.39 is 5.92 Å². The van der Waals surface area contributed by atoms with Crippen molar-refractivity contribution in [3.8, 4) is 40.5 Å². The Hall–Kier alpha value is -4.12. The molecule has 158 valence electrons. The molecule has 1 atom stereocenters. The van der Waals surface area contributed by atoms with Crippen LogP contribution in [-0.4, -0.2) is 31.5 Å². The summed E-state index contributed by atoms with van der Waals surface area (Å²) in [6.07, 6.45) is 0. The molecule has 4 rings (SSSR count). The van der Waals surface area contributed by atoms with Gasteiger partial charge in [0.25, 0.3) is 0 Å². The van der Waals surface area contributed by atoms with Gasteiger partial charge in [-0.05, 0) is 24.6 Å². The molecule has 0 saturated heterocycles. The number of nitrogens with zero attached hydrogens (tertiary/aromatic N) is 2. The van der Waals surface area contributed by atoms with Crippen LogP contribution in [0.15, 0.2) is 47.9 Å². The second-order valence-corrected chi connectivity index (χ2v) is 7.07. The van der Waals surface area contributed by atoms with E-state index in [1.54, 1.807) is 26.4 Å². The number of nitriles is 1. The lowest BCUT2D eigenvalue weighted by Gasteiger charge is -2.25. The Morgan fingerprint density at radius 3 is 2.26 bits per heavy atom. The highest BCUT2D eigenvalue weighted by Crippen LogP contribution is 2.49. The Balaban J connectivity index is 1.97. The Bertz CT molecular complexity index is 1180. The molecule has 0 aliphatic carbocycles. The van der Waals surface area contributed by atoms with Gasteiger partial charge in [0.2, 0.25) is 17.5 Å². The molecule has 0 saturated carbocycles. The van der Waals surface area contributed by atoms with Gasteiger partial charge in [-0.2, -0.15) is 5.26 Å². The van der Waals surface area contributed by atoms with Crippen LogP contribution in [0.5, 0.6) is 23.1 Å². The molecule has 3 N–H and O–H groups in total. The molecule has 3 aromatic rings. The number of aromatic amines is 1. The van der Waals surface area contributed by atoms with Gasteiger partial charge in [-0.25, -0.2) is 0 Å². The number of methoxy groups -OCH3 is 3. The zero-order valence-electron chi connectivity index (χ0n) is 17.6. The molecule has 0 fully saturated rings. The first-order chi connectivity index (χ1) is 15.0. The summed E-state index contributed by atoms with van der Waals surface area (Å²) in [5, 5.41) is 17.3. The van der Waals surface area contributed by atoms with Crippen molar-refractivity contribution in [2.24, 2.45) is 5.73 Å². The van der Waals surface area contributed by atoms with Gasteiger partial charge >= 0.3 is 0 Å². The molecule has 0 spiro atoms. The van der Waals surface area contributed by atoms with E-state index in [9.17, 15) is 5.26 Å². The fourth-order valence-electron chi connectivity index (χ4n) is 3.79. The van der Waals surface area contributed by atoms with E-state index in [1.807, 2.05) is 31.2 Å². The Labute approximate surface area is 179 Å². The second-order valence-electron chi connectivity index (χ2n) is 7.07. The smallest absolute Gasteiger partial charge is 0.244 e. The number of rotatable bonds is 5. The van der Waals surface area contributed by atoms with Crippen LogP contribution in [0.2, 0.25) is 0 Å². The molecule has 2 aromatic carbocycles. The zero-order chi connectivity index (χ0) is 22.1. The van der Waals surface area contributed by atoms with Crippen molar-refractivity contribution >= 4 is 0 Å². The molecule has 31 heavy (non-hydrogen) atoms. The minimum Gasteiger partial charge on any atom is -0.493 e. The van der Waals surface area contributed by atoms with E-state index in [2.05, 4.69) is 16.3 Å². The highest BCUT2D eigenvalue weighted by molar-refractivity contribution is 5.72. The van der Waals surface area contributed by atoms with Crippen molar-refractivity contribution in [2.75, 3.05) is 21.3 Å². The summed E-state index contributed by atoms with van der Waals surface area (Å²) in [6, 6.07) is 13.8. The summed E-state index contributed by atoms with van der Waals surface area (Å²) in [7, 11) is 4.62. The normalized spacial score (nSPS) is 15.0. The maximum absolute atomic E-state index is 9.92. The van der Waals surface area contributed by atoms with Crippen molar-refractivity contribution in [2.45, 2.75) is 12.8 Å². The molecule has 1 aliphatic heterocycles. The number of ether oxygens (including phenoxy) is 4. The average Bonchev–Trinajstić information content (AvgIpc) is 3.20. The largest absolute Gasteiger partial charge is 0.493 e. The van der Waals surface area contributed by atoms with Crippen LogP contribution in [-0.2, 0) is 0 Å². The van der Waals surface area contributed by atoms with Crippen LogP contribution in [0, 0.1) is 18.3 Å². The van der Waals surface area contributed by atoms with Crippen LogP contribution in [0.3, 0.4) is 0 Å². The van der Waals surface area contributed by atoms with Crippen molar-refractivity contribution in [3.05, 3.63) is 64.5 Å². The summed E-state index contributed by atoms with van der Waals surface area (Å²) in [5.74, 6) is 1.20. The van der Waals surface area contributed by atoms with E-state index in [1.165, 1.54) is 7.11 Å². The summed E-state index contributed by atoms with van der Waals surface area (Å²) in [6.45, 7) is 2.02. The lowest BCUT2D eigenvalue weighted by Crippen LogP contribution is -2.21. The monoisotopic (exact) mass is 418 g/mol. The van der Waals surface area contributed by atoms with Crippen LogP contribution in [0.1, 0.15) is 22.6 Å². The highest BCUT2D eigenvalue weighted by Gasteiger charge is 2.36. The molecule has 8 heteroatoms. The van der Waals surface area contributed by atoms with Gasteiger partial charge in [0.05, 0.1) is 38.5 Å². The van der Waals surface area contributed by atoms with Gasteiger partial charge < -0.3 is 24.7 Å². The van der Waals surface area contributed by atoms with Gasteiger partial charge in [-0.15, -0.1) is 5.10 Å². The highest BCUT2D eigenvalue weighted by atomic mass is 16.5. The predicted molar refractivity (Wildman–Crippen MR) is 114 cm³/mol. The molecular weight excluding hydrogens is 396 g/mol. The average molecular weight is 418 g/mol. The topological polar surface area (TPSA) is 115 Å². The molecule has 2 heterocycles. The number of hydrogen-bond acceptors (Lipinski definition) is 7. The van der Waals surface area contributed by atoms with E-state index in [0.29, 0.717) is 28.7 Å². The quantitative estimate of drug-likeness (QED) is 0.650. The van der Waals surface area contributed by atoms with E-state index in [0.717, 1.165) is 22.4 Å². The summed E-state index contributed by atoms with van der Waals surface area (Å²) >= 11 is 0. The molecular formula is C23H22N4O4. The maximum Gasteiger partial charge on any atom is 0.244 e. The van der Waals surface area contributed by atoms with E-state index >= 15 is 0 Å². The molecule has 0 radical (unpaired) electrons. The standard InChI is InChI=1S/C23H22N4O4/c1-12-5-7-13(8-6-12)20-19-18(15(11-24)22(25)31-23(19)27-26-20)14-9-16(28-2)21(30-4)17(10-14)29-3/h5-10,18H,25H2,1-4H3,(H,26,27)/t18-/m0/s1. The van der Waals surface area contributed by atoms with Crippen LogP contribution >= 0.6 is 0 Å². The number of nitrogens with two attached hydrogens (primary N) is 1. The number of hydrogen-bond donors (Lipinski definition) is 2. The third-order valence-corrected chi connectivity index (χ3v) is 5.30. The van der Waals surface area contributed by atoms with Crippen LogP contribution in [0.4, 0.5) is 0 Å². The van der Waals surface area contributed by atoms with Crippen molar-refractivity contribution in [1.29, 1.82) is 5.26 Å². The molecule has 8 nitrogen and oxygen atoms in total. The minimum absolute atomic E-state index is 0.00991. The molecule has 1 aliphatic rings. The number of benzene rings is 2. The van der Waals surface area contributed by atoms with Crippen molar-refractivity contribution < 1.29 is 18.9 Å². The third-order valence-electron chi connectivity index (χ3n) is 5.30. The first kappa shape index (κ1) is 20.2. The number of H-pyrrole nitrogens is 1. The van der Waals surface area contributed by atoms with Crippen LogP contribution in [0.25, 0.3) is 11.3 Å². The third kappa shape index (κ3) is 3.30. The van der Waals surface area contributed by atoms with Gasteiger partial charge in [0, 0.05) is 5.56 Å². The Kier molecular flexibility index (Phi) is 5.17. The fourth-order valence-corrected chi connectivity index (χ4v) is 3.79. The second kappa shape index (κ2) is 7.95. The van der Waals surface area contributed by atoms with Gasteiger partial charge in [-0.3, -0.25) is 5.10 Å². The summed E-state index contributed by atoms with van der Waals surface area (Å²) in [4.78, 5) is 0. The van der Waals surface area contributed by atoms with Gasteiger partial charge in [-0.1, -0.05) is 29.8 Å². The number of nitrogens with one attached hydrogen (secondary N) is 1. The number of fused-ring (bicyclic) bond motifs is 1. The molecule has 1 aromatic heterocycles. The zero-order valence-corrected chi connectivity index (χ0v) is 17.6. The van der Waals surface area contributed by atoms with Crippen molar-refractivity contribution in [1.82, 2.24) is 10.2 Å². The Morgan fingerprint density at radius 1 is 1.06 bits per heavy atom. The maximum atomic E-state index is 9.92. The lowest BCUT2D eigenvalue weighted by molar-refractivity contribution is 0.323. The van der Waals surface area contributed by atoms with Crippen molar-refractivity contribution in [3.63, 3.8) is 0 Å². The first-order valence-electron chi connectivity index (χ1n) is 9.55. The fraction of sp³-hybridized carbons (Fsp3) is 0.217. The SMILES string of the molecule is COc1cc([C@H]2C(C#N)=C(N)Oc3n[nH]c(-c4ccc(C)cc4)c32)cc(OC)c1OC. The summed E-state index contributed by atoms with van der Waals surface area (Å²) in [5.41, 5.74) is 10.6. The van der Waals surface area contributed by atoms with E-state index in [4.69, 9.17) is 24.7 Å². The number of allylic oxidation sites excluding steroid dienone is 1. The minimum atomic E-state index is -0.544. The number of aryl methyl sites for hydroxylation is 1. The van der Waals surface area contributed by atoms with E-state index in [-0.39, 0.29) is 11.5 Å². The number of aromatic nitrogens is 2. The van der Waals surface area contributed by atoms with Crippen LogP contribution < -0.4 is 24.7 Å². The Morgan fingerprint density at radius 2 is 1.71 bits per heavy atom. The van der Waals surface area contributed by atoms with Gasteiger partial charge in [0.15, 0.2) is 11.5 Å². The lowest BCUT2D eigenvalue weighted by atomic mass is 9.82. The molecule has 0 amide bonds. The summed E-state index contributed by atoms with van der Waals surface area (Å²) < 4.78 is 22.1. The first-order valence-corrected chi connectivity index (χ1v) is 9.55.